The van der Waals surface area contributed by atoms with Crippen LogP contribution < -0.4 is 5.73 Å². The second-order valence-corrected chi connectivity index (χ2v) is 2.77. The lowest BCUT2D eigenvalue weighted by Crippen LogP contribution is -2.19. The first-order valence-corrected chi connectivity index (χ1v) is 4.14. The largest absolute Gasteiger partial charge is 0.481 e. The maximum Gasteiger partial charge on any atom is 0.308 e. The topological polar surface area (TPSA) is 72.5 Å². The Morgan fingerprint density at radius 3 is 2.67 bits per heavy atom. The first kappa shape index (κ1) is 11.4. The van der Waals surface area contributed by atoms with E-state index < -0.39 is 5.97 Å². The van der Waals surface area contributed by atoms with Crippen LogP contribution in [0.15, 0.2) is 0 Å². The van der Waals surface area contributed by atoms with Gasteiger partial charge in [0.15, 0.2) is 0 Å². The minimum absolute atomic E-state index is 0.292. The minimum Gasteiger partial charge on any atom is -0.481 e. The molecule has 12 heavy (non-hydrogen) atoms. The Bertz CT molecular complexity index is 127. The van der Waals surface area contributed by atoms with Crippen molar-refractivity contribution in [2.24, 2.45) is 11.7 Å². The molecule has 0 aliphatic heterocycles. The number of carboxylic acid groups (broad SMARTS) is 1. The van der Waals surface area contributed by atoms with Crippen LogP contribution in [0.1, 0.15) is 19.3 Å². The van der Waals surface area contributed by atoms with Crippen LogP contribution in [0.3, 0.4) is 0 Å². The summed E-state index contributed by atoms with van der Waals surface area (Å²) >= 11 is 0. The molecule has 0 spiro atoms. The molecule has 0 saturated heterocycles. The first-order valence-electron chi connectivity index (χ1n) is 4.14. The zero-order chi connectivity index (χ0) is 9.40. The number of hydrogen-bond donors (Lipinski definition) is 2. The lowest BCUT2D eigenvalue weighted by molar-refractivity contribution is -0.143. The van der Waals surface area contributed by atoms with E-state index in [-0.39, 0.29) is 5.92 Å². The van der Waals surface area contributed by atoms with Gasteiger partial charge in [-0.2, -0.15) is 0 Å². The molecular weight excluding hydrogens is 158 g/mol. The van der Waals surface area contributed by atoms with Crippen molar-refractivity contribution < 1.29 is 14.6 Å². The molecule has 0 aliphatic carbocycles. The van der Waals surface area contributed by atoms with Gasteiger partial charge in [-0.05, 0) is 19.4 Å². The number of hydrogen-bond acceptors (Lipinski definition) is 3. The second-order valence-electron chi connectivity index (χ2n) is 2.77. The van der Waals surface area contributed by atoms with Gasteiger partial charge in [0.05, 0.1) is 12.5 Å². The highest BCUT2D eigenvalue weighted by Crippen LogP contribution is 2.08. The number of ether oxygens (including phenoxy) is 1. The maximum atomic E-state index is 10.6. The normalized spacial score (nSPS) is 12.8. The standard InChI is InChI=1S/C8H17NO3/c1-12-6-7(8(10)11)4-2-3-5-9/h7H,2-6,9H2,1H3,(H,10,11). The first-order chi connectivity index (χ1) is 5.72. The monoisotopic (exact) mass is 175 g/mol. The van der Waals surface area contributed by atoms with Crippen molar-refractivity contribution in [1.82, 2.24) is 0 Å². The van der Waals surface area contributed by atoms with Crippen molar-refractivity contribution >= 4 is 5.97 Å². The third kappa shape index (κ3) is 5.09. The van der Waals surface area contributed by atoms with Gasteiger partial charge in [-0.3, -0.25) is 4.79 Å². The van der Waals surface area contributed by atoms with E-state index in [1.54, 1.807) is 0 Å². The molecule has 0 fully saturated rings. The number of unbranched alkanes of at least 4 members (excludes halogenated alkanes) is 1. The van der Waals surface area contributed by atoms with Gasteiger partial charge < -0.3 is 15.6 Å². The zero-order valence-electron chi connectivity index (χ0n) is 7.45. The summed E-state index contributed by atoms with van der Waals surface area (Å²) in [5.74, 6) is -1.16. The SMILES string of the molecule is COCC(CCCCN)C(=O)O. The molecule has 4 nitrogen and oxygen atoms in total. The number of carboxylic acids is 1. The molecule has 0 radical (unpaired) electrons. The van der Waals surface area contributed by atoms with Crippen LogP contribution in [-0.4, -0.2) is 31.3 Å². The fraction of sp³-hybridized carbons (Fsp3) is 0.875. The second kappa shape index (κ2) is 7.06. The lowest BCUT2D eigenvalue weighted by atomic mass is 10.0. The quantitative estimate of drug-likeness (QED) is 0.551. The summed E-state index contributed by atoms with van der Waals surface area (Å²) in [6, 6.07) is 0. The third-order valence-electron chi connectivity index (χ3n) is 1.72. The summed E-state index contributed by atoms with van der Waals surface area (Å²) in [5.41, 5.74) is 5.29. The average Bonchev–Trinajstić information content (AvgIpc) is 2.03. The van der Waals surface area contributed by atoms with Crippen molar-refractivity contribution in [3.63, 3.8) is 0 Å². The Morgan fingerprint density at radius 1 is 1.58 bits per heavy atom. The Labute approximate surface area is 72.7 Å². The van der Waals surface area contributed by atoms with E-state index >= 15 is 0 Å². The van der Waals surface area contributed by atoms with Crippen molar-refractivity contribution in [1.29, 1.82) is 0 Å². The molecule has 0 aromatic rings. The van der Waals surface area contributed by atoms with Gasteiger partial charge in [-0.15, -0.1) is 0 Å². The van der Waals surface area contributed by atoms with Crippen LogP contribution in [0.5, 0.6) is 0 Å². The number of rotatable bonds is 7. The predicted molar refractivity (Wildman–Crippen MR) is 45.9 cm³/mol. The molecule has 1 unspecified atom stereocenters. The van der Waals surface area contributed by atoms with Gasteiger partial charge in [0.1, 0.15) is 0 Å². The molecule has 0 amide bonds. The average molecular weight is 175 g/mol. The van der Waals surface area contributed by atoms with E-state index in [1.807, 2.05) is 0 Å². The molecule has 3 N–H and O–H groups in total. The fourth-order valence-electron chi connectivity index (χ4n) is 1.01. The van der Waals surface area contributed by atoms with Crippen molar-refractivity contribution in [3.8, 4) is 0 Å². The van der Waals surface area contributed by atoms with Crippen LogP contribution in [0.25, 0.3) is 0 Å². The summed E-state index contributed by atoms with van der Waals surface area (Å²) in [5, 5.41) is 8.69. The Morgan fingerprint density at radius 2 is 2.25 bits per heavy atom. The van der Waals surface area contributed by atoms with Crippen LogP contribution in [-0.2, 0) is 9.53 Å². The number of methoxy groups -OCH3 is 1. The van der Waals surface area contributed by atoms with Gasteiger partial charge in [-0.1, -0.05) is 6.42 Å². The van der Waals surface area contributed by atoms with Gasteiger partial charge in [0.2, 0.25) is 0 Å². The number of nitrogens with two attached hydrogens (primary N) is 1. The molecular formula is C8H17NO3. The smallest absolute Gasteiger partial charge is 0.308 e. The van der Waals surface area contributed by atoms with E-state index in [0.29, 0.717) is 19.6 Å². The summed E-state index contributed by atoms with van der Waals surface area (Å²) in [4.78, 5) is 10.6. The maximum absolute atomic E-state index is 10.6. The summed E-state index contributed by atoms with van der Waals surface area (Å²) in [6.07, 6.45) is 2.39. The predicted octanol–water partition coefficient (Wildman–Crippen LogP) is 0.463. The molecule has 0 aromatic heterocycles. The van der Waals surface area contributed by atoms with E-state index in [1.165, 1.54) is 7.11 Å². The van der Waals surface area contributed by atoms with Crippen LogP contribution in [0.4, 0.5) is 0 Å². The van der Waals surface area contributed by atoms with E-state index in [2.05, 4.69) is 0 Å². The summed E-state index contributed by atoms with van der Waals surface area (Å²) in [7, 11) is 1.51. The molecule has 0 saturated carbocycles. The van der Waals surface area contributed by atoms with Crippen molar-refractivity contribution in [2.75, 3.05) is 20.3 Å². The Balaban J connectivity index is 3.56. The number of carbonyl (C=O) groups is 1. The third-order valence-corrected chi connectivity index (χ3v) is 1.72. The van der Waals surface area contributed by atoms with Crippen molar-refractivity contribution in [2.45, 2.75) is 19.3 Å². The molecule has 0 aliphatic rings. The van der Waals surface area contributed by atoms with E-state index in [0.717, 1.165) is 12.8 Å². The molecule has 4 heteroatoms. The van der Waals surface area contributed by atoms with E-state index in [9.17, 15) is 4.79 Å². The lowest BCUT2D eigenvalue weighted by Gasteiger charge is -2.09. The molecule has 0 rings (SSSR count). The van der Waals surface area contributed by atoms with Gasteiger partial charge in [0.25, 0.3) is 0 Å². The van der Waals surface area contributed by atoms with Gasteiger partial charge in [0, 0.05) is 7.11 Å². The van der Waals surface area contributed by atoms with Crippen LogP contribution in [0, 0.1) is 5.92 Å². The van der Waals surface area contributed by atoms with Crippen molar-refractivity contribution in [3.05, 3.63) is 0 Å². The molecule has 1 atom stereocenters. The van der Waals surface area contributed by atoms with E-state index in [4.69, 9.17) is 15.6 Å². The molecule has 0 bridgehead atoms. The highest BCUT2D eigenvalue weighted by atomic mass is 16.5. The van der Waals surface area contributed by atoms with Crippen LogP contribution in [0.2, 0.25) is 0 Å². The minimum atomic E-state index is -0.783. The van der Waals surface area contributed by atoms with Crippen LogP contribution >= 0.6 is 0 Å². The molecule has 0 aromatic carbocycles. The zero-order valence-corrected chi connectivity index (χ0v) is 7.45. The summed E-state index contributed by atoms with van der Waals surface area (Å²) in [6.45, 7) is 0.916. The molecule has 0 heterocycles. The number of aliphatic carboxylic acids is 1. The molecule has 72 valence electrons. The van der Waals surface area contributed by atoms with Gasteiger partial charge >= 0.3 is 5.97 Å². The highest BCUT2D eigenvalue weighted by molar-refractivity contribution is 5.70. The highest BCUT2D eigenvalue weighted by Gasteiger charge is 2.15. The summed E-state index contributed by atoms with van der Waals surface area (Å²) < 4.78 is 4.78. The Hall–Kier alpha value is -0.610. The Kier molecular flexibility index (Phi) is 6.70. The van der Waals surface area contributed by atoms with Gasteiger partial charge in [-0.25, -0.2) is 0 Å². The fourth-order valence-corrected chi connectivity index (χ4v) is 1.01.